The highest BCUT2D eigenvalue weighted by atomic mass is 35.5. The van der Waals surface area contributed by atoms with Gasteiger partial charge in [0.05, 0.1) is 24.7 Å². The van der Waals surface area contributed by atoms with Gasteiger partial charge in [-0.25, -0.2) is 8.42 Å². The Morgan fingerprint density at radius 2 is 1.86 bits per heavy atom. The summed E-state index contributed by atoms with van der Waals surface area (Å²) in [5.41, 5.74) is 0. The minimum absolute atomic E-state index is 0.115. The first-order chi connectivity index (χ1) is 9.91. The highest BCUT2D eigenvalue weighted by Gasteiger charge is 2.25. The third-order valence-corrected chi connectivity index (χ3v) is 5.31. The molecule has 6 nitrogen and oxygen atoms in total. The first-order valence-electron chi connectivity index (χ1n) is 6.48. The molecule has 2 rings (SSSR count). The van der Waals surface area contributed by atoms with Gasteiger partial charge < -0.3 is 9.64 Å². The average Bonchev–Trinajstić information content (AvgIpc) is 2.48. The van der Waals surface area contributed by atoms with E-state index in [0.717, 1.165) is 4.31 Å². The van der Waals surface area contributed by atoms with E-state index in [1.807, 2.05) is 0 Å². The molecule has 1 saturated heterocycles. The summed E-state index contributed by atoms with van der Waals surface area (Å²) in [6, 6.07) is 5.86. The molecule has 0 aliphatic carbocycles. The molecule has 1 fully saturated rings. The lowest BCUT2D eigenvalue weighted by molar-refractivity contribution is -0.135. The first kappa shape index (κ1) is 16.2. The number of nitrogens with zero attached hydrogens (tertiary/aromatic N) is 2. The van der Waals surface area contributed by atoms with Crippen molar-refractivity contribution < 1.29 is 17.9 Å². The zero-order chi connectivity index (χ0) is 15.5. The van der Waals surface area contributed by atoms with Crippen LogP contribution < -0.4 is 0 Å². The van der Waals surface area contributed by atoms with E-state index in [4.69, 9.17) is 16.3 Å². The number of ether oxygens (including phenoxy) is 1. The molecule has 1 aliphatic heterocycles. The third kappa shape index (κ3) is 3.94. The lowest BCUT2D eigenvalue weighted by atomic mass is 10.4. The summed E-state index contributed by atoms with van der Waals surface area (Å²) in [6.45, 7) is 1.77. The first-order valence-corrected chi connectivity index (χ1v) is 8.30. The number of sulfonamides is 1. The topological polar surface area (TPSA) is 66.9 Å². The fourth-order valence-corrected chi connectivity index (χ4v) is 3.22. The van der Waals surface area contributed by atoms with Crippen LogP contribution in [0.15, 0.2) is 29.2 Å². The van der Waals surface area contributed by atoms with E-state index in [9.17, 15) is 13.2 Å². The lowest BCUT2D eigenvalue weighted by Gasteiger charge is -2.28. The Bertz CT molecular complexity index is 597. The molecule has 0 aromatic heterocycles. The van der Waals surface area contributed by atoms with Gasteiger partial charge in [0, 0.05) is 25.2 Å². The number of hydrogen-bond donors (Lipinski definition) is 0. The van der Waals surface area contributed by atoms with Gasteiger partial charge in [0.1, 0.15) is 0 Å². The van der Waals surface area contributed by atoms with E-state index in [-0.39, 0.29) is 17.3 Å². The minimum atomic E-state index is -3.69. The van der Waals surface area contributed by atoms with Crippen molar-refractivity contribution in [2.75, 3.05) is 39.9 Å². The predicted molar refractivity (Wildman–Crippen MR) is 78.7 cm³/mol. The third-order valence-electron chi connectivity index (χ3n) is 3.24. The van der Waals surface area contributed by atoms with Gasteiger partial charge in [0.25, 0.3) is 0 Å². The molecule has 1 heterocycles. The number of halogens is 1. The van der Waals surface area contributed by atoms with Gasteiger partial charge in [-0.1, -0.05) is 11.6 Å². The van der Waals surface area contributed by atoms with Crippen molar-refractivity contribution in [3.63, 3.8) is 0 Å². The smallest absolute Gasteiger partial charge is 0.243 e. The summed E-state index contributed by atoms with van der Waals surface area (Å²) in [6.07, 6.45) is 0. The van der Waals surface area contributed by atoms with E-state index in [0.29, 0.717) is 31.3 Å². The van der Waals surface area contributed by atoms with Crippen LogP contribution in [-0.2, 0) is 19.6 Å². The van der Waals surface area contributed by atoms with Crippen LogP contribution in [0.2, 0.25) is 5.02 Å². The van der Waals surface area contributed by atoms with Gasteiger partial charge in [-0.2, -0.15) is 4.31 Å². The second kappa shape index (κ2) is 6.74. The van der Waals surface area contributed by atoms with Gasteiger partial charge in [-0.15, -0.1) is 0 Å². The zero-order valence-corrected chi connectivity index (χ0v) is 13.2. The van der Waals surface area contributed by atoms with Crippen molar-refractivity contribution in [2.24, 2.45) is 0 Å². The summed E-state index contributed by atoms with van der Waals surface area (Å²) in [5.74, 6) is -0.224. The minimum Gasteiger partial charge on any atom is -0.378 e. The van der Waals surface area contributed by atoms with E-state index < -0.39 is 10.0 Å². The van der Waals surface area contributed by atoms with E-state index in [2.05, 4.69) is 0 Å². The van der Waals surface area contributed by atoms with Crippen LogP contribution in [0.1, 0.15) is 0 Å². The number of carbonyl (C=O) groups is 1. The van der Waals surface area contributed by atoms with Crippen molar-refractivity contribution in [3.05, 3.63) is 29.3 Å². The van der Waals surface area contributed by atoms with Crippen LogP contribution in [0, 0.1) is 0 Å². The Labute approximate surface area is 129 Å². The number of carbonyl (C=O) groups excluding carboxylic acids is 1. The molecule has 8 heteroatoms. The number of morpholine rings is 1. The molecule has 0 spiro atoms. The molecule has 1 amide bonds. The lowest BCUT2D eigenvalue weighted by Crippen LogP contribution is -2.46. The largest absolute Gasteiger partial charge is 0.378 e. The van der Waals surface area contributed by atoms with Gasteiger partial charge in [0.2, 0.25) is 15.9 Å². The number of benzene rings is 1. The number of amides is 1. The monoisotopic (exact) mass is 332 g/mol. The zero-order valence-electron chi connectivity index (χ0n) is 11.7. The molecule has 1 aromatic carbocycles. The van der Waals surface area contributed by atoms with Crippen LogP contribution in [-0.4, -0.2) is 63.4 Å². The highest BCUT2D eigenvalue weighted by Crippen LogP contribution is 2.17. The summed E-state index contributed by atoms with van der Waals surface area (Å²) in [7, 11) is -2.30. The number of likely N-dealkylation sites (N-methyl/N-ethyl adjacent to an activating group) is 1. The van der Waals surface area contributed by atoms with Crippen LogP contribution >= 0.6 is 11.6 Å². The van der Waals surface area contributed by atoms with Gasteiger partial charge >= 0.3 is 0 Å². The molecule has 1 aliphatic rings. The highest BCUT2D eigenvalue weighted by molar-refractivity contribution is 7.89. The summed E-state index contributed by atoms with van der Waals surface area (Å²) >= 11 is 5.75. The van der Waals surface area contributed by atoms with Crippen LogP contribution in [0.25, 0.3) is 0 Å². The van der Waals surface area contributed by atoms with Crippen molar-refractivity contribution >= 4 is 27.5 Å². The molecule has 0 unspecified atom stereocenters. The Morgan fingerprint density at radius 3 is 2.43 bits per heavy atom. The Morgan fingerprint density at radius 1 is 1.29 bits per heavy atom. The molecular weight excluding hydrogens is 316 g/mol. The second-order valence-corrected chi connectivity index (χ2v) is 7.19. The average molecular weight is 333 g/mol. The standard InChI is InChI=1S/C13H17ClN2O4S/c1-15(10-13(17)16-6-8-20-9-7-16)21(18,19)12-4-2-11(14)3-5-12/h2-5H,6-10H2,1H3. The predicted octanol–water partition coefficient (Wildman–Crippen LogP) is 0.819. The SMILES string of the molecule is CN(CC(=O)N1CCOCC1)S(=O)(=O)c1ccc(Cl)cc1. The molecule has 0 radical (unpaired) electrons. The van der Waals surface area contributed by atoms with E-state index in [1.165, 1.54) is 31.3 Å². The molecular formula is C13H17ClN2O4S. The second-order valence-electron chi connectivity index (χ2n) is 4.71. The number of hydrogen-bond acceptors (Lipinski definition) is 4. The molecule has 0 N–H and O–H groups in total. The van der Waals surface area contributed by atoms with Crippen LogP contribution in [0.4, 0.5) is 0 Å². The fourth-order valence-electron chi connectivity index (χ4n) is 1.97. The van der Waals surface area contributed by atoms with Crippen molar-refractivity contribution in [1.82, 2.24) is 9.21 Å². The van der Waals surface area contributed by atoms with E-state index in [1.54, 1.807) is 4.90 Å². The fraction of sp³-hybridized carbons (Fsp3) is 0.462. The maximum absolute atomic E-state index is 12.3. The van der Waals surface area contributed by atoms with Crippen LogP contribution in [0.5, 0.6) is 0 Å². The Kier molecular flexibility index (Phi) is 5.21. The van der Waals surface area contributed by atoms with Gasteiger partial charge in [0.15, 0.2) is 0 Å². The van der Waals surface area contributed by atoms with Gasteiger partial charge in [-0.05, 0) is 24.3 Å². The summed E-state index contributed by atoms with van der Waals surface area (Å²) in [5, 5.41) is 0.459. The Balaban J connectivity index is 2.06. The normalized spacial score (nSPS) is 16.2. The maximum Gasteiger partial charge on any atom is 0.243 e. The molecule has 21 heavy (non-hydrogen) atoms. The Hall–Kier alpha value is -1.15. The molecule has 0 saturated carbocycles. The molecule has 0 atom stereocenters. The molecule has 116 valence electrons. The molecule has 0 bridgehead atoms. The maximum atomic E-state index is 12.3. The van der Waals surface area contributed by atoms with Crippen molar-refractivity contribution in [1.29, 1.82) is 0 Å². The summed E-state index contributed by atoms with van der Waals surface area (Å²) in [4.78, 5) is 13.8. The van der Waals surface area contributed by atoms with Gasteiger partial charge in [-0.3, -0.25) is 4.79 Å². The molecule has 1 aromatic rings. The summed E-state index contributed by atoms with van der Waals surface area (Å²) < 4.78 is 30.9. The van der Waals surface area contributed by atoms with E-state index >= 15 is 0 Å². The quantitative estimate of drug-likeness (QED) is 0.818. The number of rotatable bonds is 4. The van der Waals surface area contributed by atoms with Crippen molar-refractivity contribution in [3.8, 4) is 0 Å². The van der Waals surface area contributed by atoms with Crippen molar-refractivity contribution in [2.45, 2.75) is 4.90 Å². The van der Waals surface area contributed by atoms with Crippen LogP contribution in [0.3, 0.4) is 0 Å².